The molecule has 1 N–H and O–H groups in total. The third kappa shape index (κ3) is 2.95. The molecule has 2 aromatic rings. The number of hydrogen-bond donors (Lipinski definition) is 1. The van der Waals surface area contributed by atoms with E-state index in [0.717, 1.165) is 18.4 Å². The summed E-state index contributed by atoms with van der Waals surface area (Å²) in [5.41, 5.74) is 2.24. The molecule has 5 heteroatoms. The Morgan fingerprint density at radius 1 is 1.20 bits per heavy atom. The van der Waals surface area contributed by atoms with E-state index in [1.54, 1.807) is 17.5 Å². The van der Waals surface area contributed by atoms with Crippen molar-refractivity contribution in [2.24, 2.45) is 5.92 Å². The monoisotopic (exact) mass is 307 g/mol. The van der Waals surface area contributed by atoms with Crippen molar-refractivity contribution >= 4 is 21.4 Å². The molecular formula is C15H17NO2S2. The van der Waals surface area contributed by atoms with Gasteiger partial charge in [0.1, 0.15) is 4.21 Å². The summed E-state index contributed by atoms with van der Waals surface area (Å²) in [5, 5.41) is 1.78. The summed E-state index contributed by atoms with van der Waals surface area (Å²) in [4.78, 5) is 0. The topological polar surface area (TPSA) is 46.2 Å². The molecule has 1 fully saturated rings. The van der Waals surface area contributed by atoms with E-state index in [4.69, 9.17) is 0 Å². The Morgan fingerprint density at radius 2 is 1.90 bits per heavy atom. The Kier molecular flexibility index (Phi) is 3.67. The van der Waals surface area contributed by atoms with E-state index in [9.17, 15) is 8.42 Å². The van der Waals surface area contributed by atoms with Crippen LogP contribution in [-0.4, -0.2) is 8.42 Å². The average Bonchev–Trinajstić information content (AvgIpc) is 3.10. The Bertz CT molecular complexity index is 671. The molecule has 1 aromatic heterocycles. The zero-order chi connectivity index (χ0) is 14.2. The van der Waals surface area contributed by atoms with Crippen molar-refractivity contribution in [3.8, 4) is 0 Å². The van der Waals surface area contributed by atoms with Gasteiger partial charge in [0.2, 0.25) is 0 Å². The van der Waals surface area contributed by atoms with Gasteiger partial charge in [0.05, 0.1) is 0 Å². The van der Waals surface area contributed by atoms with Crippen molar-refractivity contribution in [1.82, 2.24) is 4.72 Å². The van der Waals surface area contributed by atoms with Crippen LogP contribution in [0.5, 0.6) is 0 Å². The first kappa shape index (κ1) is 13.8. The zero-order valence-electron chi connectivity index (χ0n) is 11.2. The van der Waals surface area contributed by atoms with Gasteiger partial charge in [0.25, 0.3) is 10.0 Å². The fraction of sp³-hybridized carbons (Fsp3) is 0.333. The lowest BCUT2D eigenvalue weighted by Crippen LogP contribution is -2.29. The molecule has 1 aliphatic rings. The summed E-state index contributed by atoms with van der Waals surface area (Å²) < 4.78 is 28.0. The molecule has 106 valence electrons. The second kappa shape index (κ2) is 5.31. The molecule has 3 rings (SSSR count). The van der Waals surface area contributed by atoms with Gasteiger partial charge in [-0.05, 0) is 42.7 Å². The second-order valence-electron chi connectivity index (χ2n) is 5.28. The van der Waals surface area contributed by atoms with Crippen LogP contribution in [-0.2, 0) is 10.0 Å². The summed E-state index contributed by atoms with van der Waals surface area (Å²) in [6.07, 6.45) is 2.18. The minimum atomic E-state index is -3.41. The Balaban J connectivity index is 1.87. The fourth-order valence-electron chi connectivity index (χ4n) is 2.28. The van der Waals surface area contributed by atoms with Gasteiger partial charge >= 0.3 is 0 Å². The van der Waals surface area contributed by atoms with E-state index in [1.807, 2.05) is 31.2 Å². The second-order valence-corrected chi connectivity index (χ2v) is 8.17. The van der Waals surface area contributed by atoms with Gasteiger partial charge in [-0.2, -0.15) is 0 Å². The van der Waals surface area contributed by atoms with E-state index >= 15 is 0 Å². The van der Waals surface area contributed by atoms with E-state index in [2.05, 4.69) is 4.72 Å². The van der Waals surface area contributed by atoms with Crippen molar-refractivity contribution in [3.63, 3.8) is 0 Å². The van der Waals surface area contributed by atoms with Crippen LogP contribution in [0.25, 0.3) is 0 Å². The molecule has 1 atom stereocenters. The molecule has 0 amide bonds. The maximum absolute atomic E-state index is 12.4. The van der Waals surface area contributed by atoms with Crippen molar-refractivity contribution in [3.05, 3.63) is 52.9 Å². The van der Waals surface area contributed by atoms with E-state index in [-0.39, 0.29) is 6.04 Å². The smallest absolute Gasteiger partial charge is 0.206 e. The van der Waals surface area contributed by atoms with Crippen LogP contribution in [0, 0.1) is 12.8 Å². The third-order valence-corrected chi connectivity index (χ3v) is 6.41. The molecule has 3 nitrogen and oxygen atoms in total. The van der Waals surface area contributed by atoms with Gasteiger partial charge in [-0.1, -0.05) is 35.9 Å². The van der Waals surface area contributed by atoms with Crippen molar-refractivity contribution < 1.29 is 8.42 Å². The predicted molar refractivity (Wildman–Crippen MR) is 81.3 cm³/mol. The molecular weight excluding hydrogens is 290 g/mol. The molecule has 20 heavy (non-hydrogen) atoms. The predicted octanol–water partition coefficient (Wildman–Crippen LogP) is 3.49. The molecule has 0 aliphatic heterocycles. The Labute approximate surface area is 123 Å². The van der Waals surface area contributed by atoms with Gasteiger partial charge in [-0.15, -0.1) is 11.3 Å². The number of hydrogen-bond acceptors (Lipinski definition) is 3. The van der Waals surface area contributed by atoms with Gasteiger partial charge in [0.15, 0.2) is 0 Å². The lowest BCUT2D eigenvalue weighted by molar-refractivity contribution is 0.530. The quantitative estimate of drug-likeness (QED) is 0.919. The van der Waals surface area contributed by atoms with Crippen LogP contribution in [0.15, 0.2) is 46.0 Å². The van der Waals surface area contributed by atoms with E-state index in [1.165, 1.54) is 16.9 Å². The normalized spacial score (nSPS) is 17.1. The highest BCUT2D eigenvalue weighted by Gasteiger charge is 2.35. The summed E-state index contributed by atoms with van der Waals surface area (Å²) in [7, 11) is -3.41. The molecule has 1 saturated carbocycles. The van der Waals surface area contributed by atoms with E-state index < -0.39 is 10.0 Å². The zero-order valence-corrected chi connectivity index (χ0v) is 12.9. The van der Waals surface area contributed by atoms with Crippen molar-refractivity contribution in [2.45, 2.75) is 30.0 Å². The van der Waals surface area contributed by atoms with Crippen LogP contribution in [0.3, 0.4) is 0 Å². The highest BCUT2D eigenvalue weighted by atomic mass is 32.2. The minimum absolute atomic E-state index is 0.109. The number of benzene rings is 1. The molecule has 0 spiro atoms. The highest BCUT2D eigenvalue weighted by molar-refractivity contribution is 7.91. The molecule has 1 heterocycles. The van der Waals surface area contributed by atoms with Crippen LogP contribution < -0.4 is 4.72 Å². The minimum Gasteiger partial charge on any atom is -0.206 e. The molecule has 0 saturated heterocycles. The van der Waals surface area contributed by atoms with Crippen molar-refractivity contribution in [1.29, 1.82) is 0 Å². The first-order chi connectivity index (χ1) is 9.56. The number of rotatable bonds is 5. The maximum atomic E-state index is 12.4. The first-order valence-electron chi connectivity index (χ1n) is 6.69. The molecule has 1 unspecified atom stereocenters. The average molecular weight is 307 g/mol. The summed E-state index contributed by atoms with van der Waals surface area (Å²) in [5.74, 6) is 0.424. The molecule has 1 aliphatic carbocycles. The van der Waals surface area contributed by atoms with Crippen LogP contribution in [0.4, 0.5) is 0 Å². The van der Waals surface area contributed by atoms with Crippen LogP contribution in [0.2, 0.25) is 0 Å². The summed E-state index contributed by atoms with van der Waals surface area (Å²) >= 11 is 1.25. The van der Waals surface area contributed by atoms with Crippen molar-refractivity contribution in [2.75, 3.05) is 0 Å². The Morgan fingerprint density at radius 3 is 2.45 bits per heavy atom. The number of aryl methyl sites for hydroxylation is 1. The van der Waals surface area contributed by atoms with Gasteiger partial charge in [-0.3, -0.25) is 0 Å². The summed E-state index contributed by atoms with van der Waals surface area (Å²) in [6.45, 7) is 2.03. The molecule has 0 bridgehead atoms. The van der Waals surface area contributed by atoms with Crippen LogP contribution in [0.1, 0.15) is 30.0 Å². The molecule has 1 aromatic carbocycles. The van der Waals surface area contributed by atoms with Crippen LogP contribution >= 0.6 is 11.3 Å². The standard InChI is InChI=1S/C15H17NO2S2/c1-11-4-6-12(7-5-11)15(13-8-9-13)16-20(17,18)14-3-2-10-19-14/h2-7,10,13,15-16H,8-9H2,1H3. The summed E-state index contributed by atoms with van der Waals surface area (Å²) in [6, 6.07) is 11.4. The fourth-order valence-corrected chi connectivity index (χ4v) is 4.58. The van der Waals surface area contributed by atoms with Gasteiger partial charge in [-0.25, -0.2) is 13.1 Å². The van der Waals surface area contributed by atoms with Gasteiger partial charge in [0, 0.05) is 6.04 Å². The largest absolute Gasteiger partial charge is 0.250 e. The maximum Gasteiger partial charge on any atom is 0.250 e. The Hall–Kier alpha value is -1.17. The first-order valence-corrected chi connectivity index (χ1v) is 9.05. The molecule has 0 radical (unpaired) electrons. The SMILES string of the molecule is Cc1ccc(C(NS(=O)(=O)c2cccs2)C2CC2)cc1. The lowest BCUT2D eigenvalue weighted by Gasteiger charge is -2.18. The highest BCUT2D eigenvalue weighted by Crippen LogP contribution is 2.42. The number of nitrogens with one attached hydrogen (secondary N) is 1. The van der Waals surface area contributed by atoms with E-state index in [0.29, 0.717) is 10.1 Å². The number of thiophene rings is 1. The number of sulfonamides is 1. The van der Waals surface area contributed by atoms with Gasteiger partial charge < -0.3 is 0 Å². The lowest BCUT2D eigenvalue weighted by atomic mass is 10.0. The third-order valence-electron chi connectivity index (χ3n) is 3.57.